The molecule has 18 heavy (non-hydrogen) atoms. The van der Waals surface area contributed by atoms with Gasteiger partial charge in [0.1, 0.15) is 5.75 Å². The summed E-state index contributed by atoms with van der Waals surface area (Å²) in [6, 6.07) is 14.9. The second-order valence-electron chi connectivity index (χ2n) is 4.38. The quantitative estimate of drug-likeness (QED) is 0.633. The molecule has 0 bridgehead atoms. The Morgan fingerprint density at radius 2 is 1.94 bits per heavy atom. The predicted molar refractivity (Wildman–Crippen MR) is 78.6 cm³/mol. The number of fused-ring (bicyclic) bond motifs is 1. The van der Waals surface area contributed by atoms with Crippen molar-refractivity contribution in [2.75, 3.05) is 7.11 Å². The van der Waals surface area contributed by atoms with Crippen molar-refractivity contribution in [2.45, 2.75) is 6.92 Å². The first kappa shape index (κ1) is 11.3. The lowest BCUT2D eigenvalue weighted by atomic mass is 10.0. The molecule has 0 aliphatic rings. The van der Waals surface area contributed by atoms with E-state index in [1.807, 2.05) is 6.07 Å². The molecular formula is C16H14OS. The Balaban J connectivity index is 2.18. The largest absolute Gasteiger partial charge is 0.497 e. The zero-order chi connectivity index (χ0) is 12.5. The van der Waals surface area contributed by atoms with E-state index >= 15 is 0 Å². The van der Waals surface area contributed by atoms with E-state index < -0.39 is 0 Å². The van der Waals surface area contributed by atoms with E-state index in [1.165, 1.54) is 26.8 Å². The molecule has 1 nitrogen and oxygen atoms in total. The van der Waals surface area contributed by atoms with Crippen LogP contribution in [0, 0.1) is 6.92 Å². The first-order valence-corrected chi connectivity index (χ1v) is 6.78. The molecule has 3 rings (SSSR count). The zero-order valence-corrected chi connectivity index (χ0v) is 11.3. The number of rotatable bonds is 2. The monoisotopic (exact) mass is 254 g/mol. The van der Waals surface area contributed by atoms with Crippen molar-refractivity contribution in [1.82, 2.24) is 0 Å². The molecular weight excluding hydrogens is 240 g/mol. The van der Waals surface area contributed by atoms with Gasteiger partial charge in [0.2, 0.25) is 0 Å². The molecule has 2 aromatic carbocycles. The van der Waals surface area contributed by atoms with E-state index in [9.17, 15) is 0 Å². The highest BCUT2D eigenvalue weighted by molar-refractivity contribution is 7.17. The lowest BCUT2D eigenvalue weighted by molar-refractivity contribution is 0.415. The Labute approximate surface area is 111 Å². The molecule has 1 aromatic heterocycles. The standard InChI is InChI=1S/C16H14OS/c1-11-4-3-5-12(8-11)15-10-18-16-9-13(17-2)6-7-14(15)16/h3-10H,1-2H3. The average Bonchev–Trinajstić information content (AvgIpc) is 2.81. The summed E-state index contributed by atoms with van der Waals surface area (Å²) in [5.74, 6) is 0.917. The third-order valence-electron chi connectivity index (χ3n) is 3.11. The summed E-state index contributed by atoms with van der Waals surface area (Å²) in [7, 11) is 1.70. The van der Waals surface area contributed by atoms with Gasteiger partial charge in [-0.2, -0.15) is 0 Å². The van der Waals surface area contributed by atoms with Crippen LogP contribution >= 0.6 is 11.3 Å². The van der Waals surface area contributed by atoms with Crippen LogP contribution in [0.15, 0.2) is 47.8 Å². The van der Waals surface area contributed by atoms with Crippen LogP contribution in [0.5, 0.6) is 5.75 Å². The van der Waals surface area contributed by atoms with Crippen LogP contribution in [0.2, 0.25) is 0 Å². The van der Waals surface area contributed by atoms with Gasteiger partial charge in [-0.25, -0.2) is 0 Å². The van der Waals surface area contributed by atoms with Gasteiger partial charge in [0.25, 0.3) is 0 Å². The Morgan fingerprint density at radius 3 is 2.72 bits per heavy atom. The molecule has 0 spiro atoms. The maximum atomic E-state index is 5.26. The lowest BCUT2D eigenvalue weighted by Crippen LogP contribution is -1.81. The highest BCUT2D eigenvalue weighted by Crippen LogP contribution is 2.36. The van der Waals surface area contributed by atoms with Gasteiger partial charge in [-0.05, 0) is 36.1 Å². The van der Waals surface area contributed by atoms with Crippen molar-refractivity contribution in [3.05, 3.63) is 53.4 Å². The first-order chi connectivity index (χ1) is 8.78. The summed E-state index contributed by atoms with van der Waals surface area (Å²) in [6.45, 7) is 2.13. The average molecular weight is 254 g/mol. The molecule has 0 atom stereocenters. The zero-order valence-electron chi connectivity index (χ0n) is 10.4. The van der Waals surface area contributed by atoms with E-state index in [2.05, 4.69) is 48.7 Å². The van der Waals surface area contributed by atoms with E-state index in [1.54, 1.807) is 18.4 Å². The van der Waals surface area contributed by atoms with Gasteiger partial charge in [0.15, 0.2) is 0 Å². The maximum Gasteiger partial charge on any atom is 0.120 e. The number of ether oxygens (including phenoxy) is 1. The van der Waals surface area contributed by atoms with Gasteiger partial charge < -0.3 is 4.74 Å². The maximum absolute atomic E-state index is 5.26. The minimum absolute atomic E-state index is 0.917. The fourth-order valence-corrected chi connectivity index (χ4v) is 3.17. The summed E-state index contributed by atoms with van der Waals surface area (Å²) < 4.78 is 6.53. The van der Waals surface area contributed by atoms with Gasteiger partial charge in [-0.3, -0.25) is 0 Å². The molecule has 90 valence electrons. The van der Waals surface area contributed by atoms with Crippen molar-refractivity contribution in [3.8, 4) is 16.9 Å². The second-order valence-corrected chi connectivity index (χ2v) is 5.29. The van der Waals surface area contributed by atoms with Crippen molar-refractivity contribution >= 4 is 21.4 Å². The van der Waals surface area contributed by atoms with Gasteiger partial charge in [0.05, 0.1) is 7.11 Å². The Bertz CT molecular complexity index is 697. The molecule has 0 amide bonds. The fourth-order valence-electron chi connectivity index (χ4n) is 2.17. The van der Waals surface area contributed by atoms with Gasteiger partial charge in [0, 0.05) is 15.6 Å². The van der Waals surface area contributed by atoms with E-state index in [0.717, 1.165) is 5.75 Å². The molecule has 1 heterocycles. The first-order valence-electron chi connectivity index (χ1n) is 5.90. The van der Waals surface area contributed by atoms with Crippen molar-refractivity contribution in [2.24, 2.45) is 0 Å². The minimum Gasteiger partial charge on any atom is -0.497 e. The van der Waals surface area contributed by atoms with Crippen LogP contribution < -0.4 is 4.74 Å². The SMILES string of the molecule is COc1ccc2c(-c3cccc(C)c3)csc2c1. The summed E-state index contributed by atoms with van der Waals surface area (Å²) >= 11 is 1.76. The Kier molecular flexibility index (Phi) is 2.80. The summed E-state index contributed by atoms with van der Waals surface area (Å²) in [4.78, 5) is 0. The van der Waals surface area contributed by atoms with Crippen molar-refractivity contribution < 1.29 is 4.74 Å². The normalized spacial score (nSPS) is 10.8. The number of thiophene rings is 1. The summed E-state index contributed by atoms with van der Waals surface area (Å²) in [6.07, 6.45) is 0. The van der Waals surface area contributed by atoms with Gasteiger partial charge in [-0.1, -0.05) is 29.8 Å². The molecule has 0 unspecified atom stereocenters. The number of hydrogen-bond acceptors (Lipinski definition) is 2. The summed E-state index contributed by atoms with van der Waals surface area (Å²) in [5, 5.41) is 3.52. The number of hydrogen-bond donors (Lipinski definition) is 0. The number of benzene rings is 2. The van der Waals surface area contributed by atoms with Crippen LogP contribution in [-0.4, -0.2) is 7.11 Å². The third-order valence-corrected chi connectivity index (χ3v) is 4.06. The molecule has 0 saturated heterocycles. The molecule has 0 N–H and O–H groups in total. The van der Waals surface area contributed by atoms with Crippen LogP contribution in [0.3, 0.4) is 0 Å². The van der Waals surface area contributed by atoms with Crippen molar-refractivity contribution in [1.29, 1.82) is 0 Å². The highest BCUT2D eigenvalue weighted by atomic mass is 32.1. The lowest BCUT2D eigenvalue weighted by Gasteiger charge is -2.03. The number of methoxy groups -OCH3 is 1. The molecule has 2 heteroatoms. The molecule has 0 radical (unpaired) electrons. The van der Waals surface area contributed by atoms with Gasteiger partial charge >= 0.3 is 0 Å². The molecule has 0 fully saturated rings. The third kappa shape index (κ3) is 1.89. The molecule has 0 aliphatic carbocycles. The molecule has 0 saturated carbocycles. The number of aryl methyl sites for hydroxylation is 1. The van der Waals surface area contributed by atoms with Crippen molar-refractivity contribution in [3.63, 3.8) is 0 Å². The Morgan fingerprint density at radius 1 is 1.06 bits per heavy atom. The predicted octanol–water partition coefficient (Wildman–Crippen LogP) is 4.89. The van der Waals surface area contributed by atoms with Gasteiger partial charge in [-0.15, -0.1) is 11.3 Å². The van der Waals surface area contributed by atoms with E-state index in [-0.39, 0.29) is 0 Å². The van der Waals surface area contributed by atoms with Crippen LogP contribution in [-0.2, 0) is 0 Å². The Hall–Kier alpha value is -1.80. The minimum atomic E-state index is 0.917. The summed E-state index contributed by atoms with van der Waals surface area (Å²) in [5.41, 5.74) is 3.88. The molecule has 3 aromatic rings. The van der Waals surface area contributed by atoms with E-state index in [0.29, 0.717) is 0 Å². The van der Waals surface area contributed by atoms with E-state index in [4.69, 9.17) is 4.74 Å². The van der Waals surface area contributed by atoms with Crippen LogP contribution in [0.4, 0.5) is 0 Å². The molecule has 0 aliphatic heterocycles. The fraction of sp³-hybridized carbons (Fsp3) is 0.125. The highest BCUT2D eigenvalue weighted by Gasteiger charge is 2.07. The second kappa shape index (κ2) is 4.46. The van der Waals surface area contributed by atoms with Crippen LogP contribution in [0.25, 0.3) is 21.2 Å². The van der Waals surface area contributed by atoms with Crippen LogP contribution in [0.1, 0.15) is 5.56 Å². The topological polar surface area (TPSA) is 9.23 Å². The smallest absolute Gasteiger partial charge is 0.120 e.